The molecule has 0 unspecified atom stereocenters. The molecule has 0 atom stereocenters. The van der Waals surface area contributed by atoms with Gasteiger partial charge >= 0.3 is 0 Å². The summed E-state index contributed by atoms with van der Waals surface area (Å²) in [7, 11) is 3.84. The highest BCUT2D eigenvalue weighted by Crippen LogP contribution is 2.35. The van der Waals surface area contributed by atoms with Crippen LogP contribution in [0.5, 0.6) is 11.5 Å². The second-order valence-electron chi connectivity index (χ2n) is 7.02. The minimum atomic E-state index is 0.152. The monoisotopic (exact) mass is 388 g/mol. The van der Waals surface area contributed by atoms with Gasteiger partial charge in [-0.1, -0.05) is 31.0 Å². The summed E-state index contributed by atoms with van der Waals surface area (Å²) < 4.78 is 12.7. The third-order valence-electron chi connectivity index (χ3n) is 5.31. The lowest BCUT2D eigenvalue weighted by atomic mass is 9.94. The van der Waals surface area contributed by atoms with Crippen LogP contribution >= 0.6 is 11.8 Å². The molecule has 1 aromatic carbocycles. The number of rotatable bonds is 5. The van der Waals surface area contributed by atoms with E-state index in [0.29, 0.717) is 17.5 Å². The average molecular weight is 388 g/mol. The number of carbonyl (C=O) groups excluding carboxylic acids is 1. The first kappa shape index (κ1) is 18.2. The van der Waals surface area contributed by atoms with Crippen molar-refractivity contribution in [3.8, 4) is 22.9 Å². The first-order valence-electron chi connectivity index (χ1n) is 9.31. The maximum absolute atomic E-state index is 12.5. The van der Waals surface area contributed by atoms with Crippen LogP contribution in [-0.4, -0.2) is 51.2 Å². The van der Waals surface area contributed by atoms with Crippen molar-refractivity contribution in [3.05, 3.63) is 18.2 Å². The molecule has 0 saturated heterocycles. The number of hydrogen-bond acceptors (Lipinski definition) is 6. The molecule has 1 aliphatic carbocycles. The zero-order chi connectivity index (χ0) is 18.8. The highest BCUT2D eigenvalue weighted by molar-refractivity contribution is 7.99. The number of aromatic nitrogens is 3. The molecule has 1 amide bonds. The Morgan fingerprint density at radius 2 is 2.00 bits per heavy atom. The second-order valence-corrected chi connectivity index (χ2v) is 7.96. The molecule has 0 radical (unpaired) electrons. The van der Waals surface area contributed by atoms with Gasteiger partial charge in [0.1, 0.15) is 0 Å². The lowest BCUT2D eigenvalue weighted by Crippen LogP contribution is -2.39. The molecule has 1 fully saturated rings. The first-order valence-corrected chi connectivity index (χ1v) is 10.3. The minimum Gasteiger partial charge on any atom is -0.454 e. The maximum atomic E-state index is 12.5. The van der Waals surface area contributed by atoms with Gasteiger partial charge in [-0.25, -0.2) is 0 Å². The summed E-state index contributed by atoms with van der Waals surface area (Å²) in [5.41, 5.74) is 0.909. The summed E-state index contributed by atoms with van der Waals surface area (Å²) in [6, 6.07) is 6.11. The molecule has 1 saturated carbocycles. The number of amides is 1. The van der Waals surface area contributed by atoms with Crippen LogP contribution in [0.15, 0.2) is 23.4 Å². The van der Waals surface area contributed by atoms with Gasteiger partial charge in [0.15, 0.2) is 22.5 Å². The van der Waals surface area contributed by atoms with Crippen molar-refractivity contribution in [2.24, 2.45) is 7.05 Å². The Kier molecular flexibility index (Phi) is 5.24. The number of thioether (sulfide) groups is 1. The van der Waals surface area contributed by atoms with Gasteiger partial charge in [0.25, 0.3) is 0 Å². The molecule has 1 aliphatic heterocycles. The molecular formula is C19H24N4O3S. The lowest BCUT2D eigenvalue weighted by Gasteiger charge is -2.31. The van der Waals surface area contributed by atoms with Crippen LogP contribution in [0.4, 0.5) is 0 Å². The number of fused-ring (bicyclic) bond motifs is 1. The van der Waals surface area contributed by atoms with Gasteiger partial charge in [-0.15, -0.1) is 10.2 Å². The van der Waals surface area contributed by atoms with E-state index in [2.05, 4.69) is 10.2 Å². The number of nitrogens with zero attached hydrogens (tertiary/aromatic N) is 4. The van der Waals surface area contributed by atoms with E-state index < -0.39 is 0 Å². The Bertz CT molecular complexity index is 832. The van der Waals surface area contributed by atoms with Crippen LogP contribution in [-0.2, 0) is 11.8 Å². The quantitative estimate of drug-likeness (QED) is 0.733. The van der Waals surface area contributed by atoms with Gasteiger partial charge in [0.05, 0.1) is 5.75 Å². The van der Waals surface area contributed by atoms with Crippen molar-refractivity contribution in [2.45, 2.75) is 43.3 Å². The average Bonchev–Trinajstić information content (AvgIpc) is 3.32. The summed E-state index contributed by atoms with van der Waals surface area (Å²) >= 11 is 1.43. The highest BCUT2D eigenvalue weighted by Gasteiger charge is 2.23. The number of carbonyl (C=O) groups is 1. The van der Waals surface area contributed by atoms with Crippen molar-refractivity contribution < 1.29 is 14.3 Å². The first-order chi connectivity index (χ1) is 13.1. The standard InChI is InChI=1S/C19H24N4O3S/c1-22(14-6-4-3-5-7-14)17(24)11-27-19-21-20-18(23(19)2)13-8-9-15-16(10-13)26-12-25-15/h8-10,14H,3-7,11-12H2,1-2H3. The number of hydrogen-bond donors (Lipinski definition) is 0. The molecule has 2 heterocycles. The lowest BCUT2D eigenvalue weighted by molar-refractivity contribution is -0.129. The summed E-state index contributed by atoms with van der Waals surface area (Å²) in [6.07, 6.45) is 5.96. The van der Waals surface area contributed by atoms with Gasteiger partial charge in [-0.3, -0.25) is 4.79 Å². The van der Waals surface area contributed by atoms with Crippen molar-refractivity contribution in [1.29, 1.82) is 0 Å². The van der Waals surface area contributed by atoms with Gasteiger partial charge in [0.2, 0.25) is 12.7 Å². The Morgan fingerprint density at radius 3 is 2.81 bits per heavy atom. The van der Waals surface area contributed by atoms with Crippen LogP contribution in [0, 0.1) is 0 Å². The zero-order valence-electron chi connectivity index (χ0n) is 15.7. The molecule has 2 aromatic rings. The van der Waals surface area contributed by atoms with E-state index in [-0.39, 0.29) is 12.7 Å². The Labute approximate surface area is 163 Å². The van der Waals surface area contributed by atoms with E-state index in [9.17, 15) is 4.79 Å². The molecule has 8 heteroatoms. The molecule has 4 rings (SSSR count). The molecular weight excluding hydrogens is 364 g/mol. The van der Waals surface area contributed by atoms with Crippen molar-refractivity contribution in [1.82, 2.24) is 19.7 Å². The summed E-state index contributed by atoms with van der Waals surface area (Å²) in [5, 5.41) is 9.29. The second kappa shape index (κ2) is 7.80. The van der Waals surface area contributed by atoms with E-state index in [0.717, 1.165) is 35.1 Å². The highest BCUT2D eigenvalue weighted by atomic mass is 32.2. The number of benzene rings is 1. The van der Waals surface area contributed by atoms with Gasteiger partial charge in [-0.2, -0.15) is 0 Å². The van der Waals surface area contributed by atoms with E-state index in [1.54, 1.807) is 0 Å². The molecule has 0 N–H and O–H groups in total. The van der Waals surface area contributed by atoms with Gasteiger partial charge < -0.3 is 18.9 Å². The summed E-state index contributed by atoms with van der Waals surface area (Å²) in [6.45, 7) is 0.245. The fourth-order valence-electron chi connectivity index (χ4n) is 3.63. The third-order valence-corrected chi connectivity index (χ3v) is 6.31. The van der Waals surface area contributed by atoms with E-state index in [1.165, 1.54) is 31.0 Å². The largest absolute Gasteiger partial charge is 0.454 e. The van der Waals surface area contributed by atoms with Crippen LogP contribution in [0.25, 0.3) is 11.4 Å². The molecule has 0 spiro atoms. The predicted octanol–water partition coefficient (Wildman–Crippen LogP) is 3.09. The maximum Gasteiger partial charge on any atom is 0.233 e. The Hall–Kier alpha value is -2.22. The molecule has 7 nitrogen and oxygen atoms in total. The third kappa shape index (κ3) is 3.76. The van der Waals surface area contributed by atoms with Crippen LogP contribution < -0.4 is 9.47 Å². The van der Waals surface area contributed by atoms with E-state index >= 15 is 0 Å². The topological polar surface area (TPSA) is 69.5 Å². The van der Waals surface area contributed by atoms with Gasteiger partial charge in [0, 0.05) is 25.7 Å². The Morgan fingerprint density at radius 1 is 1.22 bits per heavy atom. The fraction of sp³-hybridized carbons (Fsp3) is 0.526. The predicted molar refractivity (Wildman–Crippen MR) is 103 cm³/mol. The van der Waals surface area contributed by atoms with E-state index in [4.69, 9.17) is 9.47 Å². The minimum absolute atomic E-state index is 0.152. The molecule has 2 aliphatic rings. The Balaban J connectivity index is 1.41. The molecule has 1 aromatic heterocycles. The van der Waals surface area contributed by atoms with Crippen LogP contribution in [0.3, 0.4) is 0 Å². The van der Waals surface area contributed by atoms with Crippen LogP contribution in [0.1, 0.15) is 32.1 Å². The number of ether oxygens (including phenoxy) is 2. The SMILES string of the molecule is CN(C(=O)CSc1nnc(-c2ccc3c(c2)OCO3)n1C)C1CCCCC1. The van der Waals surface area contributed by atoms with E-state index in [1.807, 2.05) is 41.8 Å². The summed E-state index contributed by atoms with van der Waals surface area (Å²) in [4.78, 5) is 14.5. The van der Waals surface area contributed by atoms with Crippen molar-refractivity contribution in [3.63, 3.8) is 0 Å². The van der Waals surface area contributed by atoms with Crippen molar-refractivity contribution >= 4 is 17.7 Å². The van der Waals surface area contributed by atoms with Crippen LogP contribution in [0.2, 0.25) is 0 Å². The molecule has 144 valence electrons. The van der Waals surface area contributed by atoms with Gasteiger partial charge in [-0.05, 0) is 31.0 Å². The van der Waals surface area contributed by atoms with Crippen molar-refractivity contribution in [2.75, 3.05) is 19.6 Å². The zero-order valence-corrected chi connectivity index (χ0v) is 16.5. The molecule has 0 bridgehead atoms. The normalized spacial score (nSPS) is 16.5. The smallest absolute Gasteiger partial charge is 0.233 e. The summed E-state index contributed by atoms with van der Waals surface area (Å²) in [5.74, 6) is 2.73. The molecule has 27 heavy (non-hydrogen) atoms. The fourth-order valence-corrected chi connectivity index (χ4v) is 4.46.